The fraction of sp³-hybridized carbons (Fsp3) is 0.579. The van der Waals surface area contributed by atoms with Crippen LogP contribution in [0.2, 0.25) is 5.02 Å². The van der Waals surface area contributed by atoms with Crippen LogP contribution in [0.4, 0.5) is 0 Å². The number of fused-ring (bicyclic) bond motifs is 1. The third-order valence-electron chi connectivity index (χ3n) is 4.49. The van der Waals surface area contributed by atoms with Gasteiger partial charge in [-0.15, -0.1) is 0 Å². The number of guanidine groups is 1. The van der Waals surface area contributed by atoms with E-state index in [-0.39, 0.29) is 12.5 Å². The lowest BCUT2D eigenvalue weighted by Gasteiger charge is -2.17. The molecule has 1 aromatic carbocycles. The maximum atomic E-state index is 12.2. The lowest BCUT2D eigenvalue weighted by atomic mass is 10.2. The zero-order valence-corrected chi connectivity index (χ0v) is 16.5. The largest absolute Gasteiger partial charge is 0.489 e. The van der Waals surface area contributed by atoms with Crippen molar-refractivity contribution in [2.75, 3.05) is 39.4 Å². The molecule has 1 saturated heterocycles. The van der Waals surface area contributed by atoms with E-state index in [1.165, 1.54) is 0 Å². The van der Waals surface area contributed by atoms with Crippen LogP contribution in [0.15, 0.2) is 17.1 Å². The molecule has 0 unspecified atom stereocenters. The van der Waals surface area contributed by atoms with Crippen molar-refractivity contribution in [3.05, 3.63) is 22.7 Å². The Labute approximate surface area is 165 Å². The van der Waals surface area contributed by atoms with Crippen molar-refractivity contribution in [1.29, 1.82) is 0 Å². The Bertz CT molecular complexity index is 690. The quantitative estimate of drug-likeness (QED) is 0.591. The van der Waals surface area contributed by atoms with Crippen LogP contribution < -0.4 is 20.1 Å². The second kappa shape index (κ2) is 9.69. The maximum absolute atomic E-state index is 12.2. The monoisotopic (exact) mass is 394 g/mol. The van der Waals surface area contributed by atoms with Crippen LogP contribution in [0.5, 0.6) is 11.5 Å². The number of hydrogen-bond donors (Lipinski definition) is 2. The highest BCUT2D eigenvalue weighted by Crippen LogP contribution is 2.38. The van der Waals surface area contributed by atoms with Gasteiger partial charge in [0.05, 0.1) is 31.3 Å². The summed E-state index contributed by atoms with van der Waals surface area (Å²) < 4.78 is 11.4. The number of amides is 1. The minimum Gasteiger partial charge on any atom is -0.489 e. The highest BCUT2D eigenvalue weighted by molar-refractivity contribution is 6.32. The molecule has 1 fully saturated rings. The second-order valence-corrected chi connectivity index (χ2v) is 7.00. The lowest BCUT2D eigenvalue weighted by Crippen LogP contribution is -2.44. The van der Waals surface area contributed by atoms with Gasteiger partial charge in [-0.3, -0.25) is 4.79 Å². The van der Waals surface area contributed by atoms with E-state index >= 15 is 0 Å². The number of hydrogen-bond acceptors (Lipinski definition) is 4. The van der Waals surface area contributed by atoms with Crippen LogP contribution in [-0.2, 0) is 11.3 Å². The number of halogens is 1. The number of carbonyl (C=O) groups is 1. The molecule has 0 atom stereocenters. The molecule has 2 aliphatic heterocycles. The fourth-order valence-corrected chi connectivity index (χ4v) is 3.41. The molecular formula is C19H27ClN4O3. The van der Waals surface area contributed by atoms with Crippen molar-refractivity contribution in [1.82, 2.24) is 15.5 Å². The SMILES string of the molecule is CCNC(=NCc1cc(Cl)c2c(c1)OCCCO2)NCC(=O)N1CCCC1. The molecule has 0 bridgehead atoms. The van der Waals surface area contributed by atoms with Gasteiger partial charge in [-0.2, -0.15) is 0 Å². The Balaban J connectivity index is 1.63. The van der Waals surface area contributed by atoms with Gasteiger partial charge in [-0.05, 0) is 37.5 Å². The summed E-state index contributed by atoms with van der Waals surface area (Å²) in [7, 11) is 0. The van der Waals surface area contributed by atoms with E-state index in [1.807, 2.05) is 24.0 Å². The summed E-state index contributed by atoms with van der Waals surface area (Å²) in [6, 6.07) is 3.76. The number of ether oxygens (including phenoxy) is 2. The summed E-state index contributed by atoms with van der Waals surface area (Å²) in [5.41, 5.74) is 0.923. The number of carbonyl (C=O) groups excluding carboxylic acids is 1. The predicted octanol–water partition coefficient (Wildman–Crippen LogP) is 2.18. The minimum absolute atomic E-state index is 0.108. The Morgan fingerprint density at radius 3 is 2.74 bits per heavy atom. The number of nitrogens with one attached hydrogen (secondary N) is 2. The van der Waals surface area contributed by atoms with Gasteiger partial charge < -0.3 is 25.0 Å². The predicted molar refractivity (Wildman–Crippen MR) is 106 cm³/mol. The van der Waals surface area contributed by atoms with Gasteiger partial charge in [-0.25, -0.2) is 4.99 Å². The fourth-order valence-electron chi connectivity index (χ4n) is 3.13. The third-order valence-corrected chi connectivity index (χ3v) is 4.77. The summed E-state index contributed by atoms with van der Waals surface area (Å²) in [5, 5.41) is 6.81. The van der Waals surface area contributed by atoms with Gasteiger partial charge in [-0.1, -0.05) is 11.6 Å². The number of aliphatic imine (C=N–C) groups is 1. The van der Waals surface area contributed by atoms with Gasteiger partial charge in [0, 0.05) is 26.1 Å². The topological polar surface area (TPSA) is 75.2 Å². The van der Waals surface area contributed by atoms with Gasteiger partial charge in [0.15, 0.2) is 17.5 Å². The number of rotatable bonds is 5. The smallest absolute Gasteiger partial charge is 0.241 e. The van der Waals surface area contributed by atoms with E-state index in [4.69, 9.17) is 21.1 Å². The normalized spacial score (nSPS) is 16.8. The molecule has 1 amide bonds. The molecule has 0 radical (unpaired) electrons. The molecule has 0 spiro atoms. The van der Waals surface area contributed by atoms with Crippen molar-refractivity contribution < 1.29 is 14.3 Å². The molecule has 0 saturated carbocycles. The molecule has 7 nitrogen and oxygen atoms in total. The summed E-state index contributed by atoms with van der Waals surface area (Å²) >= 11 is 6.34. The molecule has 27 heavy (non-hydrogen) atoms. The molecule has 1 aromatic rings. The lowest BCUT2D eigenvalue weighted by molar-refractivity contribution is -0.128. The average molecular weight is 395 g/mol. The highest BCUT2D eigenvalue weighted by atomic mass is 35.5. The van der Waals surface area contributed by atoms with E-state index in [1.54, 1.807) is 0 Å². The molecular weight excluding hydrogens is 368 g/mol. The number of benzene rings is 1. The first-order chi connectivity index (χ1) is 13.2. The van der Waals surface area contributed by atoms with Gasteiger partial charge in [0.25, 0.3) is 0 Å². The van der Waals surface area contributed by atoms with Crippen LogP contribution in [0.1, 0.15) is 31.7 Å². The van der Waals surface area contributed by atoms with Crippen molar-refractivity contribution in [2.45, 2.75) is 32.7 Å². The molecule has 2 heterocycles. The van der Waals surface area contributed by atoms with E-state index in [0.29, 0.717) is 48.8 Å². The van der Waals surface area contributed by atoms with Gasteiger partial charge in [0.1, 0.15) is 0 Å². The van der Waals surface area contributed by atoms with E-state index in [9.17, 15) is 4.79 Å². The minimum atomic E-state index is 0.108. The Morgan fingerprint density at radius 1 is 1.19 bits per heavy atom. The molecule has 8 heteroatoms. The molecule has 2 N–H and O–H groups in total. The summed E-state index contributed by atoms with van der Waals surface area (Å²) in [6.45, 7) is 6.28. The Kier molecular flexibility index (Phi) is 7.04. The van der Waals surface area contributed by atoms with Crippen molar-refractivity contribution in [3.8, 4) is 11.5 Å². The molecule has 0 aliphatic carbocycles. The maximum Gasteiger partial charge on any atom is 0.241 e. The Hall–Kier alpha value is -2.15. The van der Waals surface area contributed by atoms with Crippen LogP contribution in [0.3, 0.4) is 0 Å². The average Bonchev–Trinajstić information content (AvgIpc) is 3.09. The van der Waals surface area contributed by atoms with Crippen LogP contribution in [0.25, 0.3) is 0 Å². The summed E-state index contributed by atoms with van der Waals surface area (Å²) in [6.07, 6.45) is 3.01. The first-order valence-electron chi connectivity index (χ1n) is 9.55. The van der Waals surface area contributed by atoms with E-state index in [0.717, 1.165) is 37.9 Å². The van der Waals surface area contributed by atoms with E-state index in [2.05, 4.69) is 15.6 Å². The summed E-state index contributed by atoms with van der Waals surface area (Å²) in [4.78, 5) is 18.7. The molecule has 3 rings (SSSR count). The van der Waals surface area contributed by atoms with Crippen molar-refractivity contribution in [3.63, 3.8) is 0 Å². The first kappa shape index (κ1) is 19.6. The summed E-state index contributed by atoms with van der Waals surface area (Å²) in [5.74, 6) is 1.97. The highest BCUT2D eigenvalue weighted by Gasteiger charge is 2.18. The molecule has 2 aliphatic rings. The zero-order chi connectivity index (χ0) is 19.1. The zero-order valence-electron chi connectivity index (χ0n) is 15.7. The second-order valence-electron chi connectivity index (χ2n) is 6.59. The van der Waals surface area contributed by atoms with Crippen LogP contribution in [-0.4, -0.2) is 56.2 Å². The van der Waals surface area contributed by atoms with Crippen LogP contribution in [0, 0.1) is 0 Å². The molecule has 0 aromatic heterocycles. The Morgan fingerprint density at radius 2 is 1.96 bits per heavy atom. The standard InChI is InChI=1S/C19H27ClN4O3/c1-2-21-19(23-13-17(25)24-6-3-4-7-24)22-12-14-10-15(20)18-16(11-14)26-8-5-9-27-18/h10-11H,2-9,12-13H2,1H3,(H2,21,22,23). The van der Waals surface area contributed by atoms with Crippen LogP contribution >= 0.6 is 11.6 Å². The third kappa shape index (κ3) is 5.42. The van der Waals surface area contributed by atoms with Gasteiger partial charge in [0.2, 0.25) is 5.91 Å². The molecule has 148 valence electrons. The number of nitrogens with zero attached hydrogens (tertiary/aromatic N) is 2. The van der Waals surface area contributed by atoms with Gasteiger partial charge >= 0.3 is 0 Å². The number of likely N-dealkylation sites (tertiary alicyclic amines) is 1. The van der Waals surface area contributed by atoms with Crippen molar-refractivity contribution in [2.24, 2.45) is 4.99 Å². The first-order valence-corrected chi connectivity index (χ1v) is 9.93. The van der Waals surface area contributed by atoms with Crippen molar-refractivity contribution >= 4 is 23.5 Å². The van der Waals surface area contributed by atoms with E-state index < -0.39 is 0 Å².